The van der Waals surface area contributed by atoms with Crippen LogP contribution < -0.4 is 16.0 Å². The Morgan fingerprint density at radius 2 is 1.94 bits per heavy atom. The van der Waals surface area contributed by atoms with Crippen LogP contribution in [0, 0.1) is 11.3 Å². The summed E-state index contributed by atoms with van der Waals surface area (Å²) < 4.78 is 1.02. The quantitative estimate of drug-likeness (QED) is 0.450. The summed E-state index contributed by atoms with van der Waals surface area (Å²) in [5.41, 5.74) is -0.641. The van der Waals surface area contributed by atoms with Gasteiger partial charge in [0.15, 0.2) is 0 Å². The van der Waals surface area contributed by atoms with E-state index in [1.807, 2.05) is 30.3 Å². The van der Waals surface area contributed by atoms with Crippen molar-refractivity contribution in [3.05, 3.63) is 35.2 Å². The number of amides is 2. The minimum atomic E-state index is -0.771. The van der Waals surface area contributed by atoms with Crippen LogP contribution in [0.1, 0.15) is 61.0 Å². The number of fused-ring (bicyclic) bond motifs is 1. The van der Waals surface area contributed by atoms with E-state index in [0.717, 1.165) is 42.1 Å². The lowest BCUT2D eigenvalue weighted by molar-refractivity contribution is -0.127. The van der Waals surface area contributed by atoms with Gasteiger partial charge in [0.2, 0.25) is 5.91 Å². The van der Waals surface area contributed by atoms with Crippen molar-refractivity contribution in [1.29, 1.82) is 0 Å². The van der Waals surface area contributed by atoms with Crippen molar-refractivity contribution in [1.82, 2.24) is 16.0 Å². The Balaban J connectivity index is 1.47. The van der Waals surface area contributed by atoms with Gasteiger partial charge >= 0.3 is 0 Å². The van der Waals surface area contributed by atoms with Gasteiger partial charge in [-0.1, -0.05) is 50.3 Å². The molecule has 3 atom stereocenters. The van der Waals surface area contributed by atoms with Crippen LogP contribution in [0.25, 0.3) is 10.1 Å². The zero-order valence-corrected chi connectivity index (χ0v) is 20.2. The average molecular weight is 484 g/mol. The van der Waals surface area contributed by atoms with Crippen molar-refractivity contribution in [2.75, 3.05) is 13.1 Å². The molecular formula is C26H33N3O4S. The van der Waals surface area contributed by atoms with Gasteiger partial charge in [-0.05, 0) is 49.2 Å². The third-order valence-corrected chi connectivity index (χ3v) is 8.32. The number of carbonyl (C=O) groups is 4. The molecule has 2 fully saturated rings. The molecule has 1 aromatic heterocycles. The molecular weight excluding hydrogens is 450 g/mol. The second-order valence-electron chi connectivity index (χ2n) is 9.78. The minimum Gasteiger partial charge on any atom is -0.345 e. The summed E-state index contributed by atoms with van der Waals surface area (Å²) in [6.07, 6.45) is 8.61. The van der Waals surface area contributed by atoms with Crippen molar-refractivity contribution in [3.63, 3.8) is 0 Å². The average Bonchev–Trinajstić information content (AvgIpc) is 3.51. The van der Waals surface area contributed by atoms with Crippen LogP contribution in [0.5, 0.6) is 0 Å². The lowest BCUT2D eigenvalue weighted by Crippen LogP contribution is -2.52. The second kappa shape index (κ2) is 11.2. The van der Waals surface area contributed by atoms with E-state index in [-0.39, 0.29) is 18.2 Å². The first-order chi connectivity index (χ1) is 16.5. The molecule has 1 aromatic carbocycles. The summed E-state index contributed by atoms with van der Waals surface area (Å²) in [6.45, 7) is 1.22. The van der Waals surface area contributed by atoms with Crippen molar-refractivity contribution < 1.29 is 19.2 Å². The zero-order chi connectivity index (χ0) is 24.0. The molecule has 0 unspecified atom stereocenters. The highest BCUT2D eigenvalue weighted by molar-refractivity contribution is 7.20. The first-order valence-electron chi connectivity index (χ1n) is 12.2. The van der Waals surface area contributed by atoms with Gasteiger partial charge in [-0.25, -0.2) is 0 Å². The Morgan fingerprint density at radius 1 is 1.15 bits per heavy atom. The van der Waals surface area contributed by atoms with Crippen LogP contribution in [0.4, 0.5) is 0 Å². The maximum atomic E-state index is 13.3. The third-order valence-electron chi connectivity index (χ3n) is 7.21. The van der Waals surface area contributed by atoms with E-state index in [4.69, 9.17) is 0 Å². The summed E-state index contributed by atoms with van der Waals surface area (Å²) >= 11 is 1.40. The summed E-state index contributed by atoms with van der Waals surface area (Å²) in [4.78, 5) is 50.5. The highest BCUT2D eigenvalue weighted by atomic mass is 32.1. The van der Waals surface area contributed by atoms with Gasteiger partial charge in [0, 0.05) is 16.7 Å². The summed E-state index contributed by atoms with van der Waals surface area (Å²) in [5, 5.41) is 9.93. The summed E-state index contributed by atoms with van der Waals surface area (Å²) in [5.74, 6) is -0.268. The highest BCUT2D eigenvalue weighted by Crippen LogP contribution is 2.30. The van der Waals surface area contributed by atoms with E-state index in [9.17, 15) is 19.2 Å². The first kappa shape index (κ1) is 24.5. The molecule has 8 heteroatoms. The van der Waals surface area contributed by atoms with Gasteiger partial charge in [-0.15, -0.1) is 11.3 Å². The van der Waals surface area contributed by atoms with Crippen LogP contribution in [0.3, 0.4) is 0 Å². The van der Waals surface area contributed by atoms with E-state index < -0.39 is 17.5 Å². The predicted molar refractivity (Wildman–Crippen MR) is 133 cm³/mol. The predicted octanol–water partition coefficient (Wildman–Crippen LogP) is 3.22. The maximum Gasteiger partial charge on any atom is 0.262 e. The van der Waals surface area contributed by atoms with E-state index in [0.29, 0.717) is 43.0 Å². The molecule has 182 valence electrons. The Labute approximate surface area is 204 Å². The minimum absolute atomic E-state index is 0.263. The number of rotatable bonds is 10. The second-order valence-corrected chi connectivity index (χ2v) is 10.9. The van der Waals surface area contributed by atoms with E-state index in [2.05, 4.69) is 16.0 Å². The number of thiophene rings is 1. The van der Waals surface area contributed by atoms with E-state index >= 15 is 0 Å². The smallest absolute Gasteiger partial charge is 0.262 e. The number of hydrogen-bond acceptors (Lipinski definition) is 6. The molecule has 0 bridgehead atoms. The fourth-order valence-electron chi connectivity index (χ4n) is 5.25. The Hall–Kier alpha value is -2.58. The molecule has 2 aliphatic rings. The number of benzene rings is 1. The monoisotopic (exact) mass is 483 g/mol. The largest absolute Gasteiger partial charge is 0.345 e. The van der Waals surface area contributed by atoms with Gasteiger partial charge in [-0.2, -0.15) is 0 Å². The Morgan fingerprint density at radius 3 is 2.62 bits per heavy atom. The third kappa shape index (κ3) is 5.91. The Bertz CT molecular complexity index is 991. The van der Waals surface area contributed by atoms with Crippen molar-refractivity contribution >= 4 is 45.8 Å². The first-order valence-corrected chi connectivity index (χ1v) is 13.1. The zero-order valence-electron chi connectivity index (χ0n) is 19.4. The molecule has 2 aromatic rings. The van der Waals surface area contributed by atoms with Gasteiger partial charge in [0.1, 0.15) is 18.6 Å². The van der Waals surface area contributed by atoms with Crippen LogP contribution in [0.2, 0.25) is 0 Å². The molecule has 2 amide bonds. The van der Waals surface area contributed by atoms with Crippen LogP contribution >= 0.6 is 11.3 Å². The van der Waals surface area contributed by atoms with Crippen molar-refractivity contribution in [2.45, 2.75) is 63.5 Å². The number of nitrogens with one attached hydrogen (secondary N) is 3. The number of carbonyl (C=O) groups excluding carboxylic acids is 4. The molecule has 1 aliphatic carbocycles. The Kier molecular flexibility index (Phi) is 8.11. The lowest BCUT2D eigenvalue weighted by Gasteiger charge is -2.29. The molecule has 7 nitrogen and oxygen atoms in total. The van der Waals surface area contributed by atoms with Gasteiger partial charge in [0.25, 0.3) is 5.91 Å². The van der Waals surface area contributed by atoms with Gasteiger partial charge in [0.05, 0.1) is 10.9 Å². The molecule has 1 aliphatic heterocycles. The molecule has 3 N–H and O–H groups in total. The van der Waals surface area contributed by atoms with Crippen LogP contribution in [-0.4, -0.2) is 49.6 Å². The molecule has 0 radical (unpaired) electrons. The fourth-order valence-corrected chi connectivity index (χ4v) is 6.22. The van der Waals surface area contributed by atoms with Crippen LogP contribution in [0.15, 0.2) is 30.3 Å². The van der Waals surface area contributed by atoms with Gasteiger partial charge in [-0.3, -0.25) is 9.59 Å². The molecule has 4 rings (SSSR count). The molecule has 0 spiro atoms. The summed E-state index contributed by atoms with van der Waals surface area (Å²) in [7, 11) is 0. The fraction of sp³-hybridized carbons (Fsp3) is 0.538. The van der Waals surface area contributed by atoms with Crippen molar-refractivity contribution in [2.24, 2.45) is 11.3 Å². The number of hydrogen-bond donors (Lipinski definition) is 3. The lowest BCUT2D eigenvalue weighted by atomic mass is 9.82. The topological polar surface area (TPSA) is 104 Å². The maximum absolute atomic E-state index is 13.3. The van der Waals surface area contributed by atoms with Crippen molar-refractivity contribution in [3.8, 4) is 0 Å². The van der Waals surface area contributed by atoms with E-state index in [1.54, 1.807) is 0 Å². The standard InChI is InChI=1S/C26H33N3O4S/c30-15-20(14-26(17-31)10-11-27-16-26)28-24(32)21(12-18-6-2-1-3-7-18)29-25(33)23-13-19-8-4-5-9-22(19)34-23/h4-5,8-9,13,15,17-18,20-21,27H,1-3,6-7,10-12,14,16H2,(H,28,32)(H,29,33)/t20-,21-,26+/m0/s1. The highest BCUT2D eigenvalue weighted by Gasteiger charge is 2.37. The number of aldehydes is 2. The summed E-state index contributed by atoms with van der Waals surface area (Å²) in [6, 6.07) is 8.15. The molecule has 1 saturated carbocycles. The van der Waals surface area contributed by atoms with E-state index in [1.165, 1.54) is 17.8 Å². The normalized spacial score (nSPS) is 22.7. The molecule has 2 heterocycles. The SMILES string of the molecule is O=C[C@H](C[C@]1(C=O)CCNC1)NC(=O)[C@H](CC1CCCCC1)NC(=O)c1cc2ccccc2s1. The molecule has 34 heavy (non-hydrogen) atoms. The van der Waals surface area contributed by atoms with Gasteiger partial charge < -0.3 is 25.5 Å². The molecule has 1 saturated heterocycles. The van der Waals surface area contributed by atoms with Crippen LogP contribution in [-0.2, 0) is 14.4 Å².